The molecule has 0 atom stereocenters. The highest BCUT2D eigenvalue weighted by atomic mass is 15.4. The van der Waals surface area contributed by atoms with Gasteiger partial charge in [0.25, 0.3) is 0 Å². The Labute approximate surface area is 154 Å². The zero-order valence-corrected chi connectivity index (χ0v) is 15.6. The summed E-state index contributed by atoms with van der Waals surface area (Å²) in [5, 5.41) is 7.79. The Morgan fingerprint density at radius 1 is 1.04 bits per heavy atom. The summed E-state index contributed by atoms with van der Waals surface area (Å²) in [6.07, 6.45) is 5.31. The van der Waals surface area contributed by atoms with Crippen LogP contribution < -0.4 is 0 Å². The second-order valence-electron chi connectivity index (χ2n) is 7.37. The molecule has 26 heavy (non-hydrogen) atoms. The van der Waals surface area contributed by atoms with E-state index in [-0.39, 0.29) is 0 Å². The monoisotopic (exact) mass is 344 g/mol. The highest BCUT2D eigenvalue weighted by Crippen LogP contribution is 2.29. The first kappa shape index (κ1) is 16.6. The van der Waals surface area contributed by atoms with Crippen molar-refractivity contribution in [1.82, 2.24) is 14.6 Å². The largest absolute Gasteiger partial charge is 0.347 e. The summed E-state index contributed by atoms with van der Waals surface area (Å²) in [6.45, 7) is 9.39. The van der Waals surface area contributed by atoms with Crippen molar-refractivity contribution in [2.24, 2.45) is 11.0 Å². The van der Waals surface area contributed by atoms with Crippen molar-refractivity contribution in [3.05, 3.63) is 72.2 Å². The maximum atomic E-state index is 4.79. The minimum atomic E-state index is 0.562. The van der Waals surface area contributed by atoms with Crippen LogP contribution in [0.25, 0.3) is 16.6 Å². The molecule has 0 spiro atoms. The Morgan fingerprint density at radius 2 is 1.81 bits per heavy atom. The van der Waals surface area contributed by atoms with Crippen LogP contribution in [0.2, 0.25) is 0 Å². The second kappa shape index (κ2) is 6.45. The molecule has 4 rings (SSSR count). The van der Waals surface area contributed by atoms with Gasteiger partial charge in [-0.3, -0.25) is 9.99 Å². The summed E-state index contributed by atoms with van der Waals surface area (Å²) < 4.78 is 2.20. The molecule has 0 N–H and O–H groups in total. The number of benzene rings is 1. The van der Waals surface area contributed by atoms with Crippen molar-refractivity contribution in [2.45, 2.75) is 26.8 Å². The minimum Gasteiger partial charge on any atom is -0.347 e. The lowest BCUT2D eigenvalue weighted by atomic mass is 9.97. The molecule has 3 heterocycles. The molecule has 3 aromatic rings. The van der Waals surface area contributed by atoms with Gasteiger partial charge in [-0.1, -0.05) is 44.7 Å². The standard InChI is InChI=1S/C22H24N4/c1-15(2)11-22-20-14-26(13-19(20)16(3)25(4)24-22)12-18-10-9-17-7-5-6-8-21(17)23-18/h5-10,13-15H,3,11-12H2,1-2,4H3. The molecule has 2 aromatic heterocycles. The quantitative estimate of drug-likeness (QED) is 0.684. The van der Waals surface area contributed by atoms with Gasteiger partial charge >= 0.3 is 0 Å². The van der Waals surface area contributed by atoms with E-state index in [0.717, 1.165) is 35.6 Å². The molecule has 0 bridgehead atoms. The first-order valence-electron chi connectivity index (χ1n) is 9.06. The Morgan fingerprint density at radius 3 is 2.62 bits per heavy atom. The summed E-state index contributed by atoms with van der Waals surface area (Å²) in [4.78, 5) is 4.79. The summed E-state index contributed by atoms with van der Waals surface area (Å²) in [5.74, 6) is 0.562. The number of fused-ring (bicyclic) bond motifs is 2. The number of aromatic nitrogens is 2. The lowest BCUT2D eigenvalue weighted by Gasteiger charge is -2.24. The van der Waals surface area contributed by atoms with Crippen LogP contribution in [0.4, 0.5) is 0 Å². The van der Waals surface area contributed by atoms with Crippen LogP contribution in [0, 0.1) is 5.92 Å². The highest BCUT2D eigenvalue weighted by Gasteiger charge is 2.23. The normalized spacial score (nSPS) is 14.1. The maximum absolute atomic E-state index is 4.79. The van der Waals surface area contributed by atoms with Crippen LogP contribution in [0.1, 0.15) is 37.1 Å². The number of pyridine rings is 1. The van der Waals surface area contributed by atoms with Crippen molar-refractivity contribution < 1.29 is 0 Å². The SMILES string of the molecule is C=C1c2cn(Cc3ccc4ccccc4n3)cc2C(CC(C)C)=NN1C. The molecular weight excluding hydrogens is 320 g/mol. The predicted molar refractivity (Wildman–Crippen MR) is 108 cm³/mol. The van der Waals surface area contributed by atoms with E-state index in [9.17, 15) is 0 Å². The average molecular weight is 344 g/mol. The Balaban J connectivity index is 1.67. The smallest absolute Gasteiger partial charge is 0.0706 e. The lowest BCUT2D eigenvalue weighted by molar-refractivity contribution is 0.506. The van der Waals surface area contributed by atoms with Crippen molar-refractivity contribution in [3.63, 3.8) is 0 Å². The molecule has 0 radical (unpaired) electrons. The van der Waals surface area contributed by atoms with Crippen molar-refractivity contribution in [3.8, 4) is 0 Å². The fraction of sp³-hybridized carbons (Fsp3) is 0.273. The average Bonchev–Trinajstić information content (AvgIpc) is 3.03. The first-order chi connectivity index (χ1) is 12.5. The van der Waals surface area contributed by atoms with Gasteiger partial charge in [-0.25, -0.2) is 0 Å². The van der Waals surface area contributed by atoms with E-state index in [1.54, 1.807) is 0 Å². The van der Waals surface area contributed by atoms with Crippen LogP contribution in [0.5, 0.6) is 0 Å². The molecule has 1 aliphatic heterocycles. The third-order valence-electron chi connectivity index (χ3n) is 4.77. The van der Waals surface area contributed by atoms with Crippen molar-refractivity contribution in [2.75, 3.05) is 7.05 Å². The highest BCUT2D eigenvalue weighted by molar-refractivity contribution is 6.06. The molecule has 0 aliphatic carbocycles. The molecular formula is C22H24N4. The Bertz CT molecular complexity index is 1010. The van der Waals surface area contributed by atoms with Gasteiger partial charge in [0.1, 0.15) is 0 Å². The maximum Gasteiger partial charge on any atom is 0.0706 e. The van der Waals surface area contributed by atoms with Crippen LogP contribution in [-0.4, -0.2) is 27.3 Å². The topological polar surface area (TPSA) is 33.4 Å². The molecule has 0 saturated heterocycles. The fourth-order valence-electron chi connectivity index (χ4n) is 3.45. The molecule has 0 unspecified atom stereocenters. The number of para-hydroxylation sites is 1. The van der Waals surface area contributed by atoms with E-state index in [4.69, 9.17) is 10.1 Å². The number of rotatable bonds is 4. The fourth-order valence-corrected chi connectivity index (χ4v) is 3.45. The van der Waals surface area contributed by atoms with Gasteiger partial charge in [-0.05, 0) is 24.5 Å². The molecule has 1 aliphatic rings. The molecule has 4 heteroatoms. The van der Waals surface area contributed by atoms with Crippen LogP contribution >= 0.6 is 0 Å². The summed E-state index contributed by atoms with van der Waals surface area (Å²) in [7, 11) is 1.97. The number of hydrogen-bond donors (Lipinski definition) is 0. The molecule has 0 saturated carbocycles. The van der Waals surface area contributed by atoms with Gasteiger partial charge in [0, 0.05) is 36.0 Å². The third-order valence-corrected chi connectivity index (χ3v) is 4.77. The zero-order valence-electron chi connectivity index (χ0n) is 15.6. The van der Waals surface area contributed by atoms with Gasteiger partial charge in [0.2, 0.25) is 0 Å². The third kappa shape index (κ3) is 3.03. The van der Waals surface area contributed by atoms with E-state index in [0.29, 0.717) is 5.92 Å². The van der Waals surface area contributed by atoms with E-state index in [1.807, 2.05) is 24.2 Å². The van der Waals surface area contributed by atoms with Gasteiger partial charge in [-0.15, -0.1) is 0 Å². The molecule has 4 nitrogen and oxygen atoms in total. The van der Waals surface area contributed by atoms with Gasteiger partial charge in [0.05, 0.1) is 29.2 Å². The van der Waals surface area contributed by atoms with Crippen molar-refractivity contribution >= 4 is 22.3 Å². The number of nitrogens with zero attached hydrogens (tertiary/aromatic N) is 4. The van der Waals surface area contributed by atoms with Crippen molar-refractivity contribution in [1.29, 1.82) is 0 Å². The van der Waals surface area contributed by atoms with Gasteiger partial charge in [-0.2, -0.15) is 5.10 Å². The first-order valence-corrected chi connectivity index (χ1v) is 9.06. The Kier molecular flexibility index (Phi) is 4.11. The van der Waals surface area contributed by atoms with Crippen LogP contribution in [-0.2, 0) is 6.54 Å². The van der Waals surface area contributed by atoms with Gasteiger partial charge < -0.3 is 4.57 Å². The van der Waals surface area contributed by atoms with Gasteiger partial charge in [0.15, 0.2) is 0 Å². The molecule has 0 fully saturated rings. The summed E-state index contributed by atoms with van der Waals surface area (Å²) >= 11 is 0. The van der Waals surface area contributed by atoms with E-state index >= 15 is 0 Å². The molecule has 1 aromatic carbocycles. The number of hydrogen-bond acceptors (Lipinski definition) is 3. The Hall–Kier alpha value is -2.88. The van der Waals surface area contributed by atoms with E-state index < -0.39 is 0 Å². The lowest BCUT2D eigenvalue weighted by Crippen LogP contribution is -2.21. The number of hydrazone groups is 1. The summed E-state index contributed by atoms with van der Waals surface area (Å²) in [5.41, 5.74) is 6.53. The van der Waals surface area contributed by atoms with Crippen LogP contribution in [0.15, 0.2) is 60.5 Å². The van der Waals surface area contributed by atoms with E-state index in [2.05, 4.69) is 61.7 Å². The summed E-state index contributed by atoms with van der Waals surface area (Å²) in [6, 6.07) is 12.5. The minimum absolute atomic E-state index is 0.562. The van der Waals surface area contributed by atoms with Crippen LogP contribution in [0.3, 0.4) is 0 Å². The predicted octanol–water partition coefficient (Wildman–Crippen LogP) is 4.75. The van der Waals surface area contributed by atoms with E-state index in [1.165, 1.54) is 16.5 Å². The molecule has 0 amide bonds. The zero-order chi connectivity index (χ0) is 18.3. The molecule has 132 valence electrons. The second-order valence-corrected chi connectivity index (χ2v) is 7.37.